The molecule has 1 aliphatic heterocycles. The number of fused-ring (bicyclic) bond motifs is 1. The maximum Gasteiger partial charge on any atom is 0.167 e. The monoisotopic (exact) mass is 321 g/mol. The summed E-state index contributed by atoms with van der Waals surface area (Å²) in [6.07, 6.45) is 3.41. The largest absolute Gasteiger partial charge is 0.382 e. The molecule has 3 heterocycles. The van der Waals surface area contributed by atoms with Gasteiger partial charge < -0.3 is 19.9 Å². The zero-order valence-electron chi connectivity index (χ0n) is 13.9. The van der Waals surface area contributed by atoms with Gasteiger partial charge in [0.2, 0.25) is 0 Å². The van der Waals surface area contributed by atoms with E-state index in [2.05, 4.69) is 15.0 Å². The van der Waals surface area contributed by atoms with Gasteiger partial charge in [-0.3, -0.25) is 4.57 Å². The molecule has 1 aliphatic rings. The van der Waals surface area contributed by atoms with Crippen LogP contribution in [0.5, 0.6) is 0 Å². The van der Waals surface area contributed by atoms with Gasteiger partial charge in [0.15, 0.2) is 11.5 Å². The zero-order chi connectivity index (χ0) is 16.6. The Hall–Kier alpha value is -1.77. The summed E-state index contributed by atoms with van der Waals surface area (Å²) >= 11 is 0. The van der Waals surface area contributed by atoms with Gasteiger partial charge in [0.1, 0.15) is 24.2 Å². The summed E-state index contributed by atoms with van der Waals surface area (Å²) in [7, 11) is 1.69. The van der Waals surface area contributed by atoms with E-state index < -0.39 is 0 Å². The number of aromatic nitrogens is 4. The molecule has 0 aromatic carbocycles. The molecule has 0 spiro atoms. The second-order valence-electron chi connectivity index (χ2n) is 6.65. The van der Waals surface area contributed by atoms with Crippen LogP contribution in [0.2, 0.25) is 0 Å². The minimum Gasteiger partial charge on any atom is -0.382 e. The number of anilines is 1. The van der Waals surface area contributed by atoms with Crippen molar-refractivity contribution in [1.29, 1.82) is 0 Å². The number of hydrogen-bond donors (Lipinski definition) is 1. The molecule has 1 saturated heterocycles. The van der Waals surface area contributed by atoms with Crippen LogP contribution in [-0.4, -0.2) is 51.0 Å². The Balaban J connectivity index is 1.79. The molecule has 0 saturated carbocycles. The molecule has 0 radical (unpaired) electrons. The van der Waals surface area contributed by atoms with Crippen molar-refractivity contribution in [2.24, 2.45) is 0 Å². The molecular weight excluding hydrogens is 298 g/mol. The number of nitrogen functional groups attached to an aromatic ring is 1. The number of rotatable bonds is 4. The first-order valence-corrected chi connectivity index (χ1v) is 7.64. The molecule has 3 rings (SSSR count). The van der Waals surface area contributed by atoms with E-state index in [1.54, 1.807) is 13.4 Å². The molecule has 8 nitrogen and oxygen atoms in total. The van der Waals surface area contributed by atoms with E-state index in [1.165, 1.54) is 6.33 Å². The Kier molecular flexibility index (Phi) is 4.22. The van der Waals surface area contributed by atoms with Crippen molar-refractivity contribution in [3.8, 4) is 0 Å². The number of hydrogen-bond acceptors (Lipinski definition) is 7. The molecule has 0 bridgehead atoms. The predicted octanol–water partition coefficient (Wildman–Crippen LogP) is 1.53. The summed E-state index contributed by atoms with van der Waals surface area (Å²) in [6, 6.07) is 0. The summed E-state index contributed by atoms with van der Waals surface area (Å²) in [5, 5.41) is 0. The summed E-state index contributed by atoms with van der Waals surface area (Å²) in [5.41, 5.74) is 6.86. The highest BCUT2D eigenvalue weighted by Crippen LogP contribution is 2.33. The third-order valence-electron chi connectivity index (χ3n) is 3.86. The van der Waals surface area contributed by atoms with Gasteiger partial charge >= 0.3 is 0 Å². The summed E-state index contributed by atoms with van der Waals surface area (Å²) in [5.74, 6) is 0.364. The van der Waals surface area contributed by atoms with Gasteiger partial charge in [-0.15, -0.1) is 0 Å². The topological polar surface area (TPSA) is 97.3 Å². The summed E-state index contributed by atoms with van der Waals surface area (Å²) < 4.78 is 19.4. The molecule has 2 aromatic rings. The van der Waals surface area contributed by atoms with Crippen molar-refractivity contribution in [3.05, 3.63) is 12.7 Å². The number of methoxy groups -OCH3 is 1. The average molecular weight is 321 g/mol. The number of imidazole rings is 1. The standard InChI is InChI=1S/C15H23N5O3/c1-15(2,3)22-6-10-9(21-4)5-11(23-10)20-8-19-12-13(16)17-7-18-14(12)20/h7-11H,5-6H2,1-4H3,(H2,16,17,18)/t9?,10-,11-/m1/s1. The second-order valence-corrected chi connectivity index (χ2v) is 6.65. The molecule has 1 unspecified atom stereocenters. The first-order valence-electron chi connectivity index (χ1n) is 7.64. The van der Waals surface area contributed by atoms with E-state index >= 15 is 0 Å². The van der Waals surface area contributed by atoms with Crippen LogP contribution in [0.1, 0.15) is 33.4 Å². The molecule has 8 heteroatoms. The Morgan fingerprint density at radius 2 is 2.13 bits per heavy atom. The highest BCUT2D eigenvalue weighted by atomic mass is 16.6. The smallest absolute Gasteiger partial charge is 0.167 e. The SMILES string of the molecule is COC1C[C@H](n2cnc3c(N)ncnc32)O[C@@H]1COC(C)(C)C. The highest BCUT2D eigenvalue weighted by Gasteiger charge is 2.38. The third-order valence-corrected chi connectivity index (χ3v) is 3.86. The maximum atomic E-state index is 6.12. The minimum atomic E-state index is -0.219. The maximum absolute atomic E-state index is 6.12. The Morgan fingerprint density at radius 1 is 1.35 bits per heavy atom. The molecule has 2 N–H and O–H groups in total. The molecule has 0 amide bonds. The Morgan fingerprint density at radius 3 is 2.83 bits per heavy atom. The number of ether oxygens (including phenoxy) is 3. The fraction of sp³-hybridized carbons (Fsp3) is 0.667. The molecule has 23 heavy (non-hydrogen) atoms. The Bertz CT molecular complexity index is 681. The van der Waals surface area contributed by atoms with Crippen molar-refractivity contribution in [2.75, 3.05) is 19.5 Å². The first kappa shape index (κ1) is 16.1. The van der Waals surface area contributed by atoms with Crippen molar-refractivity contribution in [1.82, 2.24) is 19.5 Å². The first-order chi connectivity index (χ1) is 10.9. The zero-order valence-corrected chi connectivity index (χ0v) is 13.9. The van der Waals surface area contributed by atoms with Crippen LogP contribution >= 0.6 is 0 Å². The van der Waals surface area contributed by atoms with E-state index in [0.717, 1.165) is 0 Å². The third kappa shape index (κ3) is 3.29. The molecule has 2 aromatic heterocycles. The lowest BCUT2D eigenvalue weighted by Gasteiger charge is -2.24. The van der Waals surface area contributed by atoms with E-state index in [9.17, 15) is 0 Å². The molecular formula is C15H23N5O3. The van der Waals surface area contributed by atoms with Gasteiger partial charge in [0.25, 0.3) is 0 Å². The normalized spacial score (nSPS) is 25.3. The van der Waals surface area contributed by atoms with Crippen molar-refractivity contribution < 1.29 is 14.2 Å². The average Bonchev–Trinajstić information content (AvgIpc) is 3.08. The second kappa shape index (κ2) is 6.03. The number of nitrogens with zero attached hydrogens (tertiary/aromatic N) is 4. The van der Waals surface area contributed by atoms with Crippen LogP contribution in [0.25, 0.3) is 11.2 Å². The van der Waals surface area contributed by atoms with Crippen LogP contribution in [0.15, 0.2) is 12.7 Å². The molecule has 126 valence electrons. The van der Waals surface area contributed by atoms with Crippen LogP contribution in [0, 0.1) is 0 Å². The van der Waals surface area contributed by atoms with Crippen molar-refractivity contribution in [2.45, 2.75) is 51.2 Å². The van der Waals surface area contributed by atoms with Gasteiger partial charge in [-0.2, -0.15) is 0 Å². The van der Waals surface area contributed by atoms with Gasteiger partial charge in [0, 0.05) is 13.5 Å². The summed E-state index contributed by atoms with van der Waals surface area (Å²) in [4.78, 5) is 12.5. The molecule has 3 atom stereocenters. The van der Waals surface area contributed by atoms with E-state index in [4.69, 9.17) is 19.9 Å². The fourth-order valence-electron chi connectivity index (χ4n) is 2.68. The van der Waals surface area contributed by atoms with Crippen LogP contribution in [-0.2, 0) is 14.2 Å². The quantitative estimate of drug-likeness (QED) is 0.911. The minimum absolute atomic E-state index is 0.0426. The Labute approximate surface area is 135 Å². The van der Waals surface area contributed by atoms with Gasteiger partial charge in [-0.25, -0.2) is 15.0 Å². The van der Waals surface area contributed by atoms with Crippen LogP contribution in [0.4, 0.5) is 5.82 Å². The molecule has 1 fully saturated rings. The van der Waals surface area contributed by atoms with Crippen molar-refractivity contribution in [3.63, 3.8) is 0 Å². The predicted molar refractivity (Wildman–Crippen MR) is 84.8 cm³/mol. The molecule has 0 aliphatic carbocycles. The lowest BCUT2D eigenvalue weighted by atomic mass is 10.1. The van der Waals surface area contributed by atoms with Crippen LogP contribution in [0.3, 0.4) is 0 Å². The lowest BCUT2D eigenvalue weighted by Crippen LogP contribution is -2.32. The van der Waals surface area contributed by atoms with E-state index in [1.807, 2.05) is 25.3 Å². The van der Waals surface area contributed by atoms with Gasteiger partial charge in [-0.05, 0) is 20.8 Å². The van der Waals surface area contributed by atoms with Gasteiger partial charge in [0.05, 0.1) is 24.6 Å². The lowest BCUT2D eigenvalue weighted by molar-refractivity contribution is -0.103. The van der Waals surface area contributed by atoms with Crippen LogP contribution < -0.4 is 5.73 Å². The van der Waals surface area contributed by atoms with E-state index in [0.29, 0.717) is 30.0 Å². The van der Waals surface area contributed by atoms with E-state index in [-0.39, 0.29) is 24.0 Å². The summed E-state index contributed by atoms with van der Waals surface area (Å²) in [6.45, 7) is 6.53. The fourth-order valence-corrected chi connectivity index (χ4v) is 2.68. The highest BCUT2D eigenvalue weighted by molar-refractivity contribution is 5.81. The van der Waals surface area contributed by atoms with Crippen molar-refractivity contribution >= 4 is 17.0 Å². The van der Waals surface area contributed by atoms with Gasteiger partial charge in [-0.1, -0.05) is 0 Å². The number of nitrogens with two attached hydrogens (primary N) is 1.